The van der Waals surface area contributed by atoms with E-state index < -0.39 is 23.7 Å². The molecule has 0 spiro atoms. The number of amides is 2. The summed E-state index contributed by atoms with van der Waals surface area (Å²) in [5, 5.41) is 3.33. The summed E-state index contributed by atoms with van der Waals surface area (Å²) >= 11 is 13.2. The van der Waals surface area contributed by atoms with Crippen molar-refractivity contribution in [2.45, 2.75) is 20.4 Å². The number of aromatic nitrogens is 2. The minimum absolute atomic E-state index is 0.154. The first-order valence-corrected chi connectivity index (χ1v) is 13.1. The number of nitrogens with zero attached hydrogens (tertiary/aromatic N) is 3. The Balaban J connectivity index is 1.87. The molecule has 0 atom stereocenters. The number of halogens is 2. The Morgan fingerprint density at radius 1 is 1.05 bits per heavy atom. The van der Waals surface area contributed by atoms with Gasteiger partial charge < -0.3 is 15.0 Å². The number of benzene rings is 2. The van der Waals surface area contributed by atoms with Crippen LogP contribution in [0.3, 0.4) is 0 Å². The number of aryl methyl sites for hydroxylation is 1. The number of fused-ring (bicyclic) bond motifs is 1. The molecule has 2 aromatic carbocycles. The van der Waals surface area contributed by atoms with Crippen LogP contribution in [-0.4, -0.2) is 46.6 Å². The van der Waals surface area contributed by atoms with Gasteiger partial charge in [-0.2, -0.15) is 0 Å². The molecule has 4 aromatic rings. The van der Waals surface area contributed by atoms with Crippen LogP contribution >= 0.6 is 34.5 Å². The van der Waals surface area contributed by atoms with Gasteiger partial charge in [0.15, 0.2) is 0 Å². The molecule has 0 saturated carbocycles. The van der Waals surface area contributed by atoms with Gasteiger partial charge in [0.05, 0.1) is 32.6 Å². The highest BCUT2D eigenvalue weighted by atomic mass is 35.5. The van der Waals surface area contributed by atoms with Crippen molar-refractivity contribution in [1.29, 1.82) is 0 Å². The molecule has 2 aromatic heterocycles. The van der Waals surface area contributed by atoms with Crippen LogP contribution in [0.4, 0.5) is 5.69 Å². The molecule has 0 aliphatic rings. The van der Waals surface area contributed by atoms with E-state index in [2.05, 4.69) is 5.32 Å². The first-order valence-electron chi connectivity index (χ1n) is 11.5. The maximum Gasteiger partial charge on any atom is 0.337 e. The maximum absolute atomic E-state index is 13.7. The van der Waals surface area contributed by atoms with E-state index in [4.69, 9.17) is 27.9 Å². The van der Waals surface area contributed by atoms with Crippen molar-refractivity contribution >= 4 is 62.3 Å². The van der Waals surface area contributed by atoms with Gasteiger partial charge in [-0.25, -0.2) is 9.36 Å². The topological polar surface area (TPSA) is 103 Å². The molecule has 38 heavy (non-hydrogen) atoms. The monoisotopic (exact) mass is 574 g/mol. The van der Waals surface area contributed by atoms with Gasteiger partial charge in [0, 0.05) is 19.8 Å². The highest BCUT2D eigenvalue weighted by Gasteiger charge is 2.25. The number of hydrogen-bond acceptors (Lipinski definition) is 6. The fourth-order valence-electron chi connectivity index (χ4n) is 3.89. The number of rotatable bonds is 7. The van der Waals surface area contributed by atoms with Gasteiger partial charge >= 0.3 is 5.69 Å². The Bertz CT molecular complexity index is 1670. The molecule has 9 nitrogen and oxygen atoms in total. The molecule has 2 amide bonds. The summed E-state index contributed by atoms with van der Waals surface area (Å²) in [7, 11) is 3.19. The molecule has 198 valence electrons. The highest BCUT2D eigenvalue weighted by Crippen LogP contribution is 2.30. The predicted octanol–water partition coefficient (Wildman–Crippen LogP) is 4.57. The lowest BCUT2D eigenvalue weighted by atomic mass is 10.2. The third-order valence-electron chi connectivity index (χ3n) is 5.73. The number of carbonyl (C=O) groups is 2. The van der Waals surface area contributed by atoms with Crippen LogP contribution in [0, 0.1) is 6.92 Å². The number of hydrogen-bond donors (Lipinski definition) is 1. The highest BCUT2D eigenvalue weighted by molar-refractivity contribution is 7.20. The molecule has 1 N–H and O–H groups in total. The second kappa shape index (κ2) is 11.0. The first-order chi connectivity index (χ1) is 18.0. The van der Waals surface area contributed by atoms with Crippen molar-refractivity contribution in [1.82, 2.24) is 14.0 Å². The summed E-state index contributed by atoms with van der Waals surface area (Å²) in [6, 6.07) is 11.2. The quantitative estimate of drug-likeness (QED) is 0.348. The zero-order chi connectivity index (χ0) is 27.7. The summed E-state index contributed by atoms with van der Waals surface area (Å²) in [5.74, 6) is -0.158. The van der Waals surface area contributed by atoms with Crippen LogP contribution < -0.4 is 21.3 Å². The molecular weight excluding hydrogens is 551 g/mol. The van der Waals surface area contributed by atoms with E-state index in [1.807, 2.05) is 6.92 Å². The van der Waals surface area contributed by atoms with Crippen molar-refractivity contribution in [3.8, 4) is 11.4 Å². The molecule has 0 aliphatic carbocycles. The largest absolute Gasteiger partial charge is 0.494 e. The molecule has 0 saturated heterocycles. The number of ether oxygens (including phenoxy) is 1. The predicted molar refractivity (Wildman–Crippen MR) is 151 cm³/mol. The van der Waals surface area contributed by atoms with Crippen molar-refractivity contribution < 1.29 is 14.3 Å². The van der Waals surface area contributed by atoms with Gasteiger partial charge in [-0.15, -0.1) is 11.3 Å². The molecule has 0 aliphatic heterocycles. The van der Waals surface area contributed by atoms with Gasteiger partial charge in [0.1, 0.15) is 17.1 Å². The van der Waals surface area contributed by atoms with Crippen LogP contribution in [0.2, 0.25) is 10.0 Å². The minimum atomic E-state index is -0.757. The van der Waals surface area contributed by atoms with Gasteiger partial charge in [-0.05, 0) is 61.9 Å². The normalized spacial score (nSPS) is 11.0. The number of carbonyl (C=O) groups excluding carboxylic acids is 2. The second-order valence-electron chi connectivity index (χ2n) is 8.55. The fourth-order valence-corrected chi connectivity index (χ4v) is 5.50. The van der Waals surface area contributed by atoms with Gasteiger partial charge in [0.2, 0.25) is 5.91 Å². The Morgan fingerprint density at radius 3 is 2.34 bits per heavy atom. The molecule has 4 rings (SSSR count). The van der Waals surface area contributed by atoms with Gasteiger partial charge in [0.25, 0.3) is 11.5 Å². The van der Waals surface area contributed by atoms with Crippen molar-refractivity contribution in [2.24, 2.45) is 0 Å². The fraction of sp³-hybridized carbons (Fsp3) is 0.231. The molecule has 0 radical (unpaired) electrons. The van der Waals surface area contributed by atoms with E-state index in [-0.39, 0.29) is 31.9 Å². The van der Waals surface area contributed by atoms with Crippen LogP contribution in [0.1, 0.15) is 22.2 Å². The Hall–Kier alpha value is -3.60. The van der Waals surface area contributed by atoms with Crippen LogP contribution in [0.25, 0.3) is 15.9 Å². The number of nitrogens with one attached hydrogen (secondary N) is 1. The SMILES string of the molecule is CCOc1ccc(NC(=O)Cn2c(=O)n(-c3ccc(Cl)c(Cl)c3)c(=O)c3c(C)c(C(=O)N(C)C)sc32)cc1. The lowest BCUT2D eigenvalue weighted by Crippen LogP contribution is -2.40. The van der Waals surface area contributed by atoms with Gasteiger partial charge in [-0.1, -0.05) is 23.2 Å². The second-order valence-corrected chi connectivity index (χ2v) is 10.4. The smallest absolute Gasteiger partial charge is 0.337 e. The lowest BCUT2D eigenvalue weighted by Gasteiger charge is -2.13. The molecule has 0 bridgehead atoms. The molecule has 12 heteroatoms. The minimum Gasteiger partial charge on any atom is -0.494 e. The number of anilines is 1. The summed E-state index contributed by atoms with van der Waals surface area (Å²) in [5.41, 5.74) is -0.274. The van der Waals surface area contributed by atoms with Crippen LogP contribution in [-0.2, 0) is 11.3 Å². The Labute approximate surface area is 231 Å². The van der Waals surface area contributed by atoms with Crippen molar-refractivity contribution in [3.05, 3.63) is 83.8 Å². The van der Waals surface area contributed by atoms with Crippen molar-refractivity contribution in [2.75, 3.05) is 26.0 Å². The average molecular weight is 575 g/mol. The van der Waals surface area contributed by atoms with Crippen molar-refractivity contribution in [3.63, 3.8) is 0 Å². The van der Waals surface area contributed by atoms with E-state index >= 15 is 0 Å². The standard InChI is InChI=1S/C26H24Cl2N4O5S/c1-5-37-17-9-6-15(7-10-17)29-20(33)13-31-25-21(14(2)22(38-25)24(35)30(3)4)23(34)32(26(31)36)16-8-11-18(27)19(28)12-16/h6-12H,5,13H2,1-4H3,(H,29,33). The summed E-state index contributed by atoms with van der Waals surface area (Å²) in [6.45, 7) is 3.62. The summed E-state index contributed by atoms with van der Waals surface area (Å²) < 4.78 is 7.54. The zero-order valence-corrected chi connectivity index (χ0v) is 23.3. The van der Waals surface area contributed by atoms with E-state index in [1.54, 1.807) is 45.3 Å². The first kappa shape index (κ1) is 27.4. The molecule has 0 unspecified atom stereocenters. The molecule has 0 fully saturated rings. The third kappa shape index (κ3) is 5.20. The Morgan fingerprint density at radius 2 is 1.74 bits per heavy atom. The van der Waals surface area contributed by atoms with E-state index in [1.165, 1.54) is 27.7 Å². The van der Waals surface area contributed by atoms with E-state index in [9.17, 15) is 19.2 Å². The number of thiophene rings is 1. The maximum atomic E-state index is 13.7. The van der Waals surface area contributed by atoms with E-state index in [0.717, 1.165) is 15.9 Å². The van der Waals surface area contributed by atoms with Crippen LogP contribution in [0.5, 0.6) is 5.75 Å². The third-order valence-corrected chi connectivity index (χ3v) is 7.77. The Kier molecular flexibility index (Phi) is 7.96. The summed E-state index contributed by atoms with van der Waals surface area (Å²) in [6.07, 6.45) is 0. The van der Waals surface area contributed by atoms with Gasteiger partial charge in [-0.3, -0.25) is 19.0 Å². The lowest BCUT2D eigenvalue weighted by molar-refractivity contribution is -0.116. The van der Waals surface area contributed by atoms with E-state index in [0.29, 0.717) is 28.5 Å². The zero-order valence-electron chi connectivity index (χ0n) is 21.0. The molecular formula is C26H24Cl2N4O5S. The average Bonchev–Trinajstić information content (AvgIpc) is 3.22. The molecule has 2 heterocycles. The van der Waals surface area contributed by atoms with Crippen LogP contribution in [0.15, 0.2) is 52.1 Å². The summed E-state index contributed by atoms with van der Waals surface area (Å²) in [4.78, 5) is 55.1.